The largest absolute Gasteiger partial charge is 0.507 e. The molecule has 152 valence electrons. The molecule has 0 radical (unpaired) electrons. The van der Waals surface area contributed by atoms with Gasteiger partial charge >= 0.3 is 0 Å². The number of ketones is 1. The Hall–Kier alpha value is -2.44. The van der Waals surface area contributed by atoms with Gasteiger partial charge in [-0.15, -0.1) is 0 Å². The number of likely N-dealkylation sites (tertiary alicyclic amines) is 1. The highest BCUT2D eigenvalue weighted by Gasteiger charge is 2.45. The van der Waals surface area contributed by atoms with E-state index in [9.17, 15) is 14.7 Å². The monoisotopic (exact) mass is 456 g/mol. The molecular weight excluding hydrogens is 432 g/mol. The summed E-state index contributed by atoms with van der Waals surface area (Å²) in [6, 6.07) is 14.2. The molecule has 5 nitrogen and oxygen atoms in total. The van der Waals surface area contributed by atoms with Crippen molar-refractivity contribution in [3.05, 3.63) is 75.3 Å². The van der Waals surface area contributed by atoms with Gasteiger partial charge in [0.15, 0.2) is 0 Å². The van der Waals surface area contributed by atoms with Crippen LogP contribution in [0.2, 0.25) is 0 Å². The zero-order valence-corrected chi connectivity index (χ0v) is 18.4. The standard InChI is InChI=1S/C23H25BrN2O3/c1-15-6-4-7-17(14-15)20-19(21(27)16-8-10-18(24)11-9-16)22(28)23(29)26(20)13-5-12-25(2)3/h4,6-11,14,20,27H,5,12-13H2,1-3H3/b21-19-. The minimum absolute atomic E-state index is 0.141. The number of hydrogen-bond acceptors (Lipinski definition) is 4. The lowest BCUT2D eigenvalue weighted by atomic mass is 9.94. The molecule has 1 atom stereocenters. The third-order valence-corrected chi connectivity index (χ3v) is 5.55. The molecule has 29 heavy (non-hydrogen) atoms. The maximum atomic E-state index is 12.9. The number of carbonyl (C=O) groups excluding carboxylic acids is 2. The molecule has 1 N–H and O–H groups in total. The zero-order valence-electron chi connectivity index (χ0n) is 16.9. The van der Waals surface area contributed by atoms with Crippen LogP contribution in [0.25, 0.3) is 5.76 Å². The number of aryl methyl sites for hydroxylation is 1. The van der Waals surface area contributed by atoms with Gasteiger partial charge in [0.1, 0.15) is 5.76 Å². The maximum absolute atomic E-state index is 12.9. The SMILES string of the molecule is Cc1cccc(C2/C(=C(/O)c3ccc(Br)cc3)C(=O)C(=O)N2CCCN(C)C)c1. The summed E-state index contributed by atoms with van der Waals surface area (Å²) in [5, 5.41) is 11.0. The minimum atomic E-state index is -0.637. The van der Waals surface area contributed by atoms with Crippen LogP contribution in [0.4, 0.5) is 0 Å². The number of aliphatic hydroxyl groups is 1. The third-order valence-electron chi connectivity index (χ3n) is 5.02. The van der Waals surface area contributed by atoms with Gasteiger partial charge < -0.3 is 14.9 Å². The second kappa shape index (κ2) is 8.93. The minimum Gasteiger partial charge on any atom is -0.507 e. The predicted molar refractivity (Wildman–Crippen MR) is 118 cm³/mol. The molecule has 1 unspecified atom stereocenters. The number of rotatable bonds is 6. The Morgan fingerprint density at radius 3 is 2.45 bits per heavy atom. The summed E-state index contributed by atoms with van der Waals surface area (Å²) < 4.78 is 0.869. The number of amides is 1. The van der Waals surface area contributed by atoms with E-state index in [4.69, 9.17) is 0 Å². The highest BCUT2D eigenvalue weighted by atomic mass is 79.9. The van der Waals surface area contributed by atoms with Gasteiger partial charge in [0.2, 0.25) is 0 Å². The Labute approximate surface area is 179 Å². The quantitative estimate of drug-likeness (QED) is 0.403. The Morgan fingerprint density at radius 1 is 1.14 bits per heavy atom. The fourth-order valence-corrected chi connectivity index (χ4v) is 3.88. The van der Waals surface area contributed by atoms with Crippen molar-refractivity contribution in [3.63, 3.8) is 0 Å². The number of benzene rings is 2. The van der Waals surface area contributed by atoms with E-state index >= 15 is 0 Å². The number of nitrogens with zero attached hydrogens (tertiary/aromatic N) is 2. The molecule has 2 aromatic rings. The summed E-state index contributed by atoms with van der Waals surface area (Å²) in [6.45, 7) is 3.21. The van der Waals surface area contributed by atoms with E-state index in [0.717, 1.165) is 28.6 Å². The summed E-state index contributed by atoms with van der Waals surface area (Å²) in [6.07, 6.45) is 0.737. The lowest BCUT2D eigenvalue weighted by Gasteiger charge is -2.26. The number of carbonyl (C=O) groups is 2. The maximum Gasteiger partial charge on any atom is 0.295 e. The summed E-state index contributed by atoms with van der Waals surface area (Å²) in [5.41, 5.74) is 2.52. The van der Waals surface area contributed by atoms with Gasteiger partial charge in [-0.2, -0.15) is 0 Å². The second-order valence-corrected chi connectivity index (χ2v) is 8.49. The number of aliphatic hydroxyl groups excluding tert-OH is 1. The first kappa shape index (κ1) is 21.3. The van der Waals surface area contributed by atoms with E-state index in [0.29, 0.717) is 12.1 Å². The molecule has 3 rings (SSSR count). The van der Waals surface area contributed by atoms with Gasteiger partial charge in [-0.05, 0) is 51.7 Å². The van der Waals surface area contributed by atoms with Gasteiger partial charge in [-0.1, -0.05) is 57.9 Å². The van der Waals surface area contributed by atoms with Gasteiger partial charge in [-0.3, -0.25) is 9.59 Å². The van der Waals surface area contributed by atoms with Crippen molar-refractivity contribution in [2.75, 3.05) is 27.2 Å². The Balaban J connectivity index is 2.09. The molecular formula is C23H25BrN2O3. The van der Waals surface area contributed by atoms with Crippen molar-refractivity contribution >= 4 is 33.4 Å². The molecule has 6 heteroatoms. The van der Waals surface area contributed by atoms with Gasteiger partial charge in [0, 0.05) is 16.6 Å². The molecule has 1 aliphatic rings. The average Bonchev–Trinajstić information content (AvgIpc) is 2.93. The molecule has 1 saturated heterocycles. The molecule has 1 amide bonds. The average molecular weight is 457 g/mol. The molecule has 1 aliphatic heterocycles. The first-order chi connectivity index (χ1) is 13.8. The highest BCUT2D eigenvalue weighted by Crippen LogP contribution is 2.39. The molecule has 0 saturated carbocycles. The normalized spacial score (nSPS) is 18.7. The van der Waals surface area contributed by atoms with Crippen LogP contribution in [0.1, 0.15) is 29.2 Å². The van der Waals surface area contributed by atoms with Crippen LogP contribution in [-0.4, -0.2) is 53.8 Å². The summed E-state index contributed by atoms with van der Waals surface area (Å²) in [7, 11) is 3.94. The molecule has 0 aliphatic carbocycles. The Morgan fingerprint density at radius 2 is 1.83 bits per heavy atom. The summed E-state index contributed by atoms with van der Waals surface area (Å²) >= 11 is 3.37. The predicted octanol–water partition coefficient (Wildman–Crippen LogP) is 4.13. The van der Waals surface area contributed by atoms with E-state index in [-0.39, 0.29) is 11.3 Å². The van der Waals surface area contributed by atoms with E-state index in [1.807, 2.05) is 50.2 Å². The van der Waals surface area contributed by atoms with Gasteiger partial charge in [-0.25, -0.2) is 0 Å². The fourth-order valence-electron chi connectivity index (χ4n) is 3.62. The zero-order chi connectivity index (χ0) is 21.1. The van der Waals surface area contributed by atoms with Crippen molar-refractivity contribution < 1.29 is 14.7 Å². The van der Waals surface area contributed by atoms with Crippen LogP contribution in [0, 0.1) is 6.92 Å². The molecule has 0 aromatic heterocycles. The molecule has 1 fully saturated rings. The van der Waals surface area contributed by atoms with E-state index in [1.165, 1.54) is 0 Å². The fraction of sp³-hybridized carbons (Fsp3) is 0.304. The number of hydrogen-bond donors (Lipinski definition) is 1. The third kappa shape index (κ3) is 4.60. The van der Waals surface area contributed by atoms with E-state index in [1.54, 1.807) is 29.2 Å². The van der Waals surface area contributed by atoms with E-state index < -0.39 is 17.7 Å². The van der Waals surface area contributed by atoms with Crippen molar-refractivity contribution in [2.45, 2.75) is 19.4 Å². The van der Waals surface area contributed by atoms with Crippen molar-refractivity contribution in [3.8, 4) is 0 Å². The molecule has 0 spiro atoms. The van der Waals surface area contributed by atoms with Crippen molar-refractivity contribution in [1.82, 2.24) is 9.80 Å². The summed E-state index contributed by atoms with van der Waals surface area (Å²) in [4.78, 5) is 29.4. The Kier molecular flexibility index (Phi) is 6.55. The van der Waals surface area contributed by atoms with Gasteiger partial charge in [0.25, 0.3) is 11.7 Å². The lowest BCUT2D eigenvalue weighted by Crippen LogP contribution is -2.32. The topological polar surface area (TPSA) is 60.9 Å². The van der Waals surface area contributed by atoms with Crippen LogP contribution in [0.5, 0.6) is 0 Å². The van der Waals surface area contributed by atoms with Crippen LogP contribution in [-0.2, 0) is 9.59 Å². The smallest absolute Gasteiger partial charge is 0.295 e. The molecule has 1 heterocycles. The first-order valence-corrected chi connectivity index (χ1v) is 10.3. The van der Waals surface area contributed by atoms with Crippen molar-refractivity contribution in [2.24, 2.45) is 0 Å². The molecule has 0 bridgehead atoms. The van der Waals surface area contributed by atoms with Crippen LogP contribution >= 0.6 is 15.9 Å². The van der Waals surface area contributed by atoms with Gasteiger partial charge in [0.05, 0.1) is 11.6 Å². The first-order valence-electron chi connectivity index (χ1n) is 9.55. The van der Waals surface area contributed by atoms with Crippen LogP contribution < -0.4 is 0 Å². The Bertz CT molecular complexity index is 951. The molecule has 2 aromatic carbocycles. The lowest BCUT2D eigenvalue weighted by molar-refractivity contribution is -0.139. The van der Waals surface area contributed by atoms with E-state index in [2.05, 4.69) is 15.9 Å². The number of halogens is 1. The summed E-state index contributed by atoms with van der Waals surface area (Å²) in [5.74, 6) is -1.34. The van der Waals surface area contributed by atoms with Crippen LogP contribution in [0.15, 0.2) is 58.6 Å². The van der Waals surface area contributed by atoms with Crippen LogP contribution in [0.3, 0.4) is 0 Å². The van der Waals surface area contributed by atoms with Crippen molar-refractivity contribution in [1.29, 1.82) is 0 Å². The number of Topliss-reactive ketones (excluding diaryl/α,β-unsaturated/α-hetero) is 1. The highest BCUT2D eigenvalue weighted by molar-refractivity contribution is 9.10. The second-order valence-electron chi connectivity index (χ2n) is 7.57.